The third kappa shape index (κ3) is 5.67. The second-order valence-electron chi connectivity index (χ2n) is 5.11. The number of carbonyl (C=O) groups excluding carboxylic acids is 3. The van der Waals surface area contributed by atoms with Crippen molar-refractivity contribution in [1.29, 1.82) is 0 Å². The maximum Gasteiger partial charge on any atom is 0.328 e. The summed E-state index contributed by atoms with van der Waals surface area (Å²) in [4.78, 5) is 37.0. The van der Waals surface area contributed by atoms with Gasteiger partial charge in [0.05, 0.1) is 19.1 Å². The normalized spacial score (nSPS) is 11.7. The molecule has 7 heteroatoms. The molecule has 1 rings (SSSR count). The van der Waals surface area contributed by atoms with Crippen molar-refractivity contribution in [2.24, 2.45) is 0 Å². The van der Waals surface area contributed by atoms with Crippen molar-refractivity contribution < 1.29 is 23.9 Å². The van der Waals surface area contributed by atoms with Gasteiger partial charge in [0.25, 0.3) is 5.91 Å². The molecule has 0 aliphatic carbocycles. The van der Waals surface area contributed by atoms with Gasteiger partial charge in [0, 0.05) is 11.3 Å². The van der Waals surface area contributed by atoms with Gasteiger partial charge in [-0.15, -0.1) is 11.3 Å². The van der Waals surface area contributed by atoms with Gasteiger partial charge in [0.2, 0.25) is 0 Å². The zero-order valence-corrected chi connectivity index (χ0v) is 14.7. The second-order valence-corrected chi connectivity index (χ2v) is 6.36. The van der Waals surface area contributed by atoms with Crippen LogP contribution < -0.4 is 5.32 Å². The molecule has 0 aromatic carbocycles. The quantitative estimate of drug-likeness (QED) is 0.733. The van der Waals surface area contributed by atoms with Crippen LogP contribution in [0, 0.1) is 6.92 Å². The Hall–Kier alpha value is -1.89. The lowest BCUT2D eigenvalue weighted by atomic mass is 10.1. The Morgan fingerprint density at radius 1 is 1.26 bits per heavy atom. The second kappa shape index (κ2) is 9.29. The summed E-state index contributed by atoms with van der Waals surface area (Å²) < 4.78 is 9.23. The molecule has 23 heavy (non-hydrogen) atoms. The Balaban J connectivity index is 2.77. The molecule has 1 amide bonds. The molecular formula is C16H23NO5S. The number of aryl methyl sites for hydroxylation is 2. The molecule has 1 heterocycles. The zero-order valence-electron chi connectivity index (χ0n) is 13.9. The molecule has 0 saturated carbocycles. The highest BCUT2D eigenvalue weighted by Gasteiger charge is 2.24. The average molecular weight is 341 g/mol. The number of hydrogen-bond donors (Lipinski definition) is 1. The van der Waals surface area contributed by atoms with Crippen LogP contribution in [0.5, 0.6) is 0 Å². The zero-order chi connectivity index (χ0) is 17.4. The topological polar surface area (TPSA) is 81.7 Å². The lowest BCUT2D eigenvalue weighted by Crippen LogP contribution is -2.41. The standard InChI is InChI=1S/C16H23NO5S/c1-5-6-11-9-13(23-10(11)2)15(19)17-12(16(20)22-4)7-8-14(18)21-3/h9,12H,5-8H2,1-4H3,(H,17,19)/t12-/m1/s1. The van der Waals surface area contributed by atoms with E-state index in [0.29, 0.717) is 4.88 Å². The largest absolute Gasteiger partial charge is 0.469 e. The Kier molecular flexibility index (Phi) is 7.74. The lowest BCUT2D eigenvalue weighted by molar-refractivity contribution is -0.144. The van der Waals surface area contributed by atoms with Gasteiger partial charge in [-0.1, -0.05) is 13.3 Å². The molecule has 0 spiro atoms. The summed E-state index contributed by atoms with van der Waals surface area (Å²) in [5, 5.41) is 2.64. The number of hydrogen-bond acceptors (Lipinski definition) is 6. The molecule has 1 aromatic rings. The molecule has 128 valence electrons. The predicted molar refractivity (Wildman–Crippen MR) is 87.6 cm³/mol. The van der Waals surface area contributed by atoms with E-state index in [4.69, 9.17) is 0 Å². The van der Waals surface area contributed by atoms with Gasteiger partial charge in [0.15, 0.2) is 0 Å². The fraction of sp³-hybridized carbons (Fsp3) is 0.562. The first-order chi connectivity index (χ1) is 10.9. The third-order valence-corrected chi connectivity index (χ3v) is 4.51. The van der Waals surface area contributed by atoms with Gasteiger partial charge in [-0.3, -0.25) is 9.59 Å². The van der Waals surface area contributed by atoms with Crippen LogP contribution in [0.4, 0.5) is 0 Å². The Morgan fingerprint density at radius 2 is 1.96 bits per heavy atom. The molecule has 0 radical (unpaired) electrons. The smallest absolute Gasteiger partial charge is 0.328 e. The molecule has 0 saturated heterocycles. The molecule has 0 aliphatic rings. The van der Waals surface area contributed by atoms with Crippen LogP contribution in [0.15, 0.2) is 6.07 Å². The van der Waals surface area contributed by atoms with E-state index in [2.05, 4.69) is 21.7 Å². The van der Waals surface area contributed by atoms with Crippen LogP contribution in [-0.2, 0) is 25.5 Å². The summed E-state index contributed by atoms with van der Waals surface area (Å²) in [5.41, 5.74) is 1.15. The molecule has 0 bridgehead atoms. The molecule has 1 aromatic heterocycles. The summed E-state index contributed by atoms with van der Waals surface area (Å²) in [5.74, 6) is -1.35. The van der Waals surface area contributed by atoms with Crippen molar-refractivity contribution in [3.8, 4) is 0 Å². The Bertz CT molecular complexity index is 567. The number of esters is 2. The highest BCUT2D eigenvalue weighted by atomic mass is 32.1. The number of amides is 1. The molecule has 0 unspecified atom stereocenters. The van der Waals surface area contributed by atoms with E-state index in [1.54, 1.807) is 0 Å². The monoisotopic (exact) mass is 341 g/mol. The first kappa shape index (κ1) is 19.2. The van der Waals surface area contributed by atoms with Gasteiger partial charge < -0.3 is 14.8 Å². The number of methoxy groups -OCH3 is 2. The maximum absolute atomic E-state index is 12.3. The molecular weight excluding hydrogens is 318 g/mol. The van der Waals surface area contributed by atoms with E-state index in [1.165, 1.54) is 25.6 Å². The number of ether oxygens (including phenoxy) is 2. The van der Waals surface area contributed by atoms with Crippen LogP contribution in [0.1, 0.15) is 46.3 Å². The SMILES string of the molecule is CCCc1cc(C(=O)N[C@H](CCC(=O)OC)C(=O)OC)sc1C. The highest BCUT2D eigenvalue weighted by Crippen LogP contribution is 2.23. The highest BCUT2D eigenvalue weighted by molar-refractivity contribution is 7.14. The van der Waals surface area contributed by atoms with Crippen LogP contribution in [0.2, 0.25) is 0 Å². The van der Waals surface area contributed by atoms with Crippen molar-refractivity contribution in [1.82, 2.24) is 5.32 Å². The minimum absolute atomic E-state index is 0.0289. The summed E-state index contributed by atoms with van der Waals surface area (Å²) in [6, 6.07) is 0.983. The van der Waals surface area contributed by atoms with Crippen molar-refractivity contribution >= 4 is 29.2 Å². The van der Waals surface area contributed by atoms with Gasteiger partial charge >= 0.3 is 11.9 Å². The van der Waals surface area contributed by atoms with Gasteiger partial charge in [-0.2, -0.15) is 0 Å². The van der Waals surface area contributed by atoms with Gasteiger partial charge in [-0.25, -0.2) is 4.79 Å². The predicted octanol–water partition coefficient (Wildman–Crippen LogP) is 2.23. The number of rotatable bonds is 8. The van der Waals surface area contributed by atoms with Crippen LogP contribution in [-0.4, -0.2) is 38.1 Å². The van der Waals surface area contributed by atoms with Crippen LogP contribution >= 0.6 is 11.3 Å². The van der Waals surface area contributed by atoms with Crippen LogP contribution in [0.3, 0.4) is 0 Å². The first-order valence-corrected chi connectivity index (χ1v) is 8.29. The van der Waals surface area contributed by atoms with Gasteiger partial charge in [-0.05, 0) is 31.4 Å². The van der Waals surface area contributed by atoms with Crippen molar-refractivity contribution in [2.75, 3.05) is 14.2 Å². The molecule has 0 fully saturated rings. The molecule has 1 atom stereocenters. The summed E-state index contributed by atoms with van der Waals surface area (Å²) in [7, 11) is 2.52. The van der Waals surface area contributed by atoms with E-state index < -0.39 is 18.0 Å². The number of nitrogens with one attached hydrogen (secondary N) is 1. The summed E-state index contributed by atoms with van der Waals surface area (Å²) >= 11 is 1.40. The minimum Gasteiger partial charge on any atom is -0.469 e. The number of thiophene rings is 1. The summed E-state index contributed by atoms with van der Waals surface area (Å²) in [6.07, 6.45) is 2.08. The van der Waals surface area contributed by atoms with E-state index in [1.807, 2.05) is 13.0 Å². The van der Waals surface area contributed by atoms with E-state index in [0.717, 1.165) is 23.3 Å². The minimum atomic E-state index is -0.872. The van der Waals surface area contributed by atoms with Crippen molar-refractivity contribution in [3.63, 3.8) is 0 Å². The van der Waals surface area contributed by atoms with E-state index in [9.17, 15) is 14.4 Å². The van der Waals surface area contributed by atoms with Crippen molar-refractivity contribution in [2.45, 2.75) is 45.6 Å². The third-order valence-electron chi connectivity index (χ3n) is 3.42. The summed E-state index contributed by atoms with van der Waals surface area (Å²) in [6.45, 7) is 4.05. The fourth-order valence-corrected chi connectivity index (χ4v) is 3.11. The van der Waals surface area contributed by atoms with E-state index in [-0.39, 0.29) is 18.7 Å². The lowest BCUT2D eigenvalue weighted by Gasteiger charge is -2.15. The fourth-order valence-electron chi connectivity index (χ4n) is 2.13. The maximum atomic E-state index is 12.3. The first-order valence-electron chi connectivity index (χ1n) is 7.47. The number of carbonyl (C=O) groups is 3. The molecule has 0 aliphatic heterocycles. The van der Waals surface area contributed by atoms with Crippen LogP contribution in [0.25, 0.3) is 0 Å². The Labute approximate surface area is 140 Å². The Morgan fingerprint density at radius 3 is 2.52 bits per heavy atom. The van der Waals surface area contributed by atoms with E-state index >= 15 is 0 Å². The molecule has 6 nitrogen and oxygen atoms in total. The molecule has 1 N–H and O–H groups in total. The van der Waals surface area contributed by atoms with Gasteiger partial charge in [0.1, 0.15) is 6.04 Å². The average Bonchev–Trinajstić information content (AvgIpc) is 2.91. The van der Waals surface area contributed by atoms with Crippen molar-refractivity contribution in [3.05, 3.63) is 21.4 Å².